The maximum absolute atomic E-state index is 13.1. The number of hydrogen-bond acceptors (Lipinski definition) is 5. The number of rotatable bonds is 6. The Morgan fingerprint density at radius 3 is 2.64 bits per heavy atom. The Bertz CT molecular complexity index is 1580. The Labute approximate surface area is 221 Å². The first-order valence-electron chi connectivity index (χ1n) is 10.3. The van der Waals surface area contributed by atoms with Crippen molar-refractivity contribution in [2.45, 2.75) is 13.5 Å². The number of nitrogens with zero attached hydrogens (tertiary/aromatic N) is 2. The third kappa shape index (κ3) is 4.60. The first kappa shape index (κ1) is 22.6. The van der Waals surface area contributed by atoms with E-state index in [9.17, 15) is 4.79 Å². The van der Waals surface area contributed by atoms with Crippen LogP contribution in [0.3, 0.4) is 0 Å². The molecule has 5 aromatic rings. The van der Waals surface area contributed by atoms with Gasteiger partial charge < -0.3 is 9.47 Å². The molecule has 0 radical (unpaired) electrons. The molecule has 8 heteroatoms. The van der Waals surface area contributed by atoms with Crippen LogP contribution in [0.25, 0.3) is 22.1 Å². The minimum absolute atomic E-state index is 0.0595. The molecular weight excluding hydrogens is 662 g/mol. The van der Waals surface area contributed by atoms with Crippen LogP contribution in [-0.2, 0) is 6.61 Å². The van der Waals surface area contributed by atoms with Crippen LogP contribution in [0.4, 0.5) is 0 Å². The predicted molar refractivity (Wildman–Crippen MR) is 149 cm³/mol. The van der Waals surface area contributed by atoms with Crippen LogP contribution >= 0.6 is 56.5 Å². The summed E-state index contributed by atoms with van der Waals surface area (Å²) in [7, 11) is 0. The fourth-order valence-corrected chi connectivity index (χ4v) is 5.70. The summed E-state index contributed by atoms with van der Waals surface area (Å²) in [6.45, 7) is 2.92. The fraction of sp³-hybridized carbons (Fsp3) is 0.120. The average molecular weight is 680 g/mol. The van der Waals surface area contributed by atoms with Crippen LogP contribution in [0.15, 0.2) is 65.5 Å². The molecule has 0 unspecified atom stereocenters. The van der Waals surface area contributed by atoms with Crippen molar-refractivity contribution in [1.29, 1.82) is 0 Å². The van der Waals surface area contributed by atoms with Gasteiger partial charge in [-0.15, -0.1) is 0 Å². The SMILES string of the molecule is CCOc1cc(/C=c2\sc3nc4ccccc4n3c2=O)cc(I)c1OCc1ccc(I)cc1. The third-order valence-corrected chi connectivity index (χ3v) is 7.56. The summed E-state index contributed by atoms with van der Waals surface area (Å²) >= 11 is 5.94. The van der Waals surface area contributed by atoms with Crippen LogP contribution in [0.2, 0.25) is 0 Å². The standard InChI is InChI=1S/C25H18I2N2O3S/c1-2-31-21-12-16(11-18(27)23(21)32-14-15-7-9-17(26)10-8-15)13-22-24(30)29-20-6-4-3-5-19(20)28-25(29)33-22/h3-13H,2,14H2,1H3/b22-13-. The van der Waals surface area contributed by atoms with E-state index in [0.29, 0.717) is 34.2 Å². The Morgan fingerprint density at radius 1 is 1.06 bits per heavy atom. The molecule has 0 atom stereocenters. The van der Waals surface area contributed by atoms with Crippen molar-refractivity contribution in [2.24, 2.45) is 0 Å². The van der Waals surface area contributed by atoms with E-state index >= 15 is 0 Å². The second-order valence-electron chi connectivity index (χ2n) is 7.31. The molecule has 5 rings (SSSR count). The molecule has 0 aliphatic heterocycles. The molecule has 0 amide bonds. The summed E-state index contributed by atoms with van der Waals surface area (Å²) < 4.78 is 16.5. The van der Waals surface area contributed by atoms with E-state index in [-0.39, 0.29) is 5.56 Å². The lowest BCUT2D eigenvalue weighted by molar-refractivity contribution is 0.267. The van der Waals surface area contributed by atoms with Gasteiger partial charge in [0.1, 0.15) is 6.61 Å². The number of benzene rings is 3. The number of para-hydroxylation sites is 2. The monoisotopic (exact) mass is 680 g/mol. The summed E-state index contributed by atoms with van der Waals surface area (Å²) in [5.41, 5.74) is 3.58. The van der Waals surface area contributed by atoms with Crippen LogP contribution in [0.5, 0.6) is 11.5 Å². The number of hydrogen-bond donors (Lipinski definition) is 0. The first-order valence-corrected chi connectivity index (χ1v) is 13.3. The van der Waals surface area contributed by atoms with Crippen molar-refractivity contribution >= 4 is 78.6 Å². The van der Waals surface area contributed by atoms with Crippen molar-refractivity contribution in [3.05, 3.63) is 93.8 Å². The van der Waals surface area contributed by atoms with Crippen molar-refractivity contribution in [3.8, 4) is 11.5 Å². The quantitative estimate of drug-likeness (QED) is 0.218. The Kier molecular flexibility index (Phi) is 6.57. The molecule has 33 heavy (non-hydrogen) atoms. The summed E-state index contributed by atoms with van der Waals surface area (Å²) in [6.07, 6.45) is 1.89. The largest absolute Gasteiger partial charge is 0.490 e. The van der Waals surface area contributed by atoms with Gasteiger partial charge in [-0.25, -0.2) is 9.38 Å². The molecular formula is C25H18I2N2O3S. The zero-order chi connectivity index (χ0) is 22.9. The molecule has 0 bridgehead atoms. The van der Waals surface area contributed by atoms with Crippen molar-refractivity contribution in [2.75, 3.05) is 6.61 Å². The van der Waals surface area contributed by atoms with Gasteiger partial charge in [-0.2, -0.15) is 0 Å². The molecule has 5 nitrogen and oxygen atoms in total. The number of thiazole rings is 1. The molecule has 3 aromatic carbocycles. The van der Waals surface area contributed by atoms with Gasteiger partial charge in [0.15, 0.2) is 16.5 Å². The second-order valence-corrected chi connectivity index (χ2v) is 10.7. The Hall–Kier alpha value is -2.18. The maximum atomic E-state index is 13.1. The van der Waals surface area contributed by atoms with Gasteiger partial charge in [0, 0.05) is 3.57 Å². The lowest BCUT2D eigenvalue weighted by atomic mass is 10.2. The van der Waals surface area contributed by atoms with Gasteiger partial charge in [-0.3, -0.25) is 4.79 Å². The number of aromatic nitrogens is 2. The highest BCUT2D eigenvalue weighted by Crippen LogP contribution is 2.35. The molecule has 0 saturated heterocycles. The first-order chi connectivity index (χ1) is 16.0. The van der Waals surface area contributed by atoms with E-state index in [1.165, 1.54) is 14.9 Å². The van der Waals surface area contributed by atoms with Crippen LogP contribution < -0.4 is 19.6 Å². The van der Waals surface area contributed by atoms with Crippen molar-refractivity contribution < 1.29 is 9.47 Å². The summed E-state index contributed by atoms with van der Waals surface area (Å²) in [6, 6.07) is 19.9. The Balaban J connectivity index is 1.52. The fourth-order valence-electron chi connectivity index (χ4n) is 3.57. The van der Waals surface area contributed by atoms with E-state index in [1.54, 1.807) is 4.40 Å². The molecule has 2 aromatic heterocycles. The minimum Gasteiger partial charge on any atom is -0.490 e. The summed E-state index contributed by atoms with van der Waals surface area (Å²) in [4.78, 5) is 18.4. The number of fused-ring (bicyclic) bond motifs is 3. The van der Waals surface area contributed by atoms with Gasteiger partial charge in [0.2, 0.25) is 0 Å². The van der Waals surface area contributed by atoms with Gasteiger partial charge in [0.05, 0.1) is 25.7 Å². The summed E-state index contributed by atoms with van der Waals surface area (Å²) in [5, 5.41) is 0. The van der Waals surface area contributed by atoms with Crippen LogP contribution in [0.1, 0.15) is 18.1 Å². The molecule has 0 aliphatic rings. The third-order valence-electron chi connectivity index (χ3n) is 5.07. The summed E-state index contributed by atoms with van der Waals surface area (Å²) in [5.74, 6) is 1.38. The minimum atomic E-state index is -0.0595. The topological polar surface area (TPSA) is 52.8 Å². The normalized spacial score (nSPS) is 12.0. The molecule has 0 saturated carbocycles. The number of ether oxygens (including phenoxy) is 2. The van der Waals surface area contributed by atoms with E-state index in [0.717, 1.165) is 25.7 Å². The van der Waals surface area contributed by atoms with Crippen LogP contribution in [-0.4, -0.2) is 16.0 Å². The van der Waals surface area contributed by atoms with Gasteiger partial charge in [0.25, 0.3) is 5.56 Å². The molecule has 2 heterocycles. The highest BCUT2D eigenvalue weighted by atomic mass is 127. The maximum Gasteiger partial charge on any atom is 0.274 e. The highest BCUT2D eigenvalue weighted by molar-refractivity contribution is 14.1. The second kappa shape index (κ2) is 9.59. The van der Waals surface area contributed by atoms with Gasteiger partial charge in [-0.1, -0.05) is 35.6 Å². The highest BCUT2D eigenvalue weighted by Gasteiger charge is 2.14. The lowest BCUT2D eigenvalue weighted by Gasteiger charge is -2.15. The lowest BCUT2D eigenvalue weighted by Crippen LogP contribution is -2.22. The average Bonchev–Trinajstić information content (AvgIpc) is 3.31. The van der Waals surface area contributed by atoms with Gasteiger partial charge in [-0.05, 0) is 106 Å². The smallest absolute Gasteiger partial charge is 0.274 e. The molecule has 0 aliphatic carbocycles. The molecule has 166 valence electrons. The molecule has 0 spiro atoms. The molecule has 0 N–H and O–H groups in total. The number of halogens is 2. The van der Waals surface area contributed by atoms with Crippen LogP contribution in [0, 0.1) is 7.14 Å². The van der Waals surface area contributed by atoms with Crippen molar-refractivity contribution in [1.82, 2.24) is 9.38 Å². The predicted octanol–water partition coefficient (Wildman–Crippen LogP) is 5.64. The van der Waals surface area contributed by atoms with E-state index < -0.39 is 0 Å². The van der Waals surface area contributed by atoms with E-state index in [2.05, 4.69) is 74.4 Å². The van der Waals surface area contributed by atoms with Gasteiger partial charge >= 0.3 is 0 Å². The zero-order valence-corrected chi connectivity index (χ0v) is 22.7. The van der Waals surface area contributed by atoms with Crippen molar-refractivity contribution in [3.63, 3.8) is 0 Å². The molecule has 0 fully saturated rings. The number of imidazole rings is 1. The zero-order valence-electron chi connectivity index (χ0n) is 17.5. The Morgan fingerprint density at radius 2 is 1.85 bits per heavy atom. The van der Waals surface area contributed by atoms with E-state index in [1.807, 2.05) is 49.4 Å². The van der Waals surface area contributed by atoms with E-state index in [4.69, 9.17) is 9.47 Å².